The highest BCUT2D eigenvalue weighted by Gasteiger charge is 2.31. The van der Waals surface area contributed by atoms with E-state index in [0.717, 1.165) is 30.2 Å². The third-order valence-electron chi connectivity index (χ3n) is 5.54. The summed E-state index contributed by atoms with van der Waals surface area (Å²) in [6.45, 7) is 7.04. The van der Waals surface area contributed by atoms with Crippen LogP contribution in [0.4, 0.5) is 22.4 Å². The molecule has 3 aromatic heterocycles. The van der Waals surface area contributed by atoms with Crippen LogP contribution < -0.4 is 15.5 Å². The first-order valence-electron chi connectivity index (χ1n) is 11.1. The number of anilines is 3. The van der Waals surface area contributed by atoms with Crippen molar-refractivity contribution in [2.75, 3.05) is 43.1 Å². The Balaban J connectivity index is 1.27. The molecular formula is C21H28N8O4. The lowest BCUT2D eigenvalue weighted by molar-refractivity contribution is 0.0682. The number of rotatable bonds is 6. The van der Waals surface area contributed by atoms with Gasteiger partial charge < -0.3 is 29.7 Å². The van der Waals surface area contributed by atoms with E-state index in [2.05, 4.69) is 30.7 Å². The number of hydrogen-bond donors (Lipinski definition) is 3. The molecule has 1 amide bonds. The molecule has 0 aliphatic carbocycles. The van der Waals surface area contributed by atoms with Crippen molar-refractivity contribution in [1.82, 2.24) is 29.9 Å². The van der Waals surface area contributed by atoms with Gasteiger partial charge in [-0.3, -0.25) is 9.50 Å². The molecular weight excluding hydrogens is 428 g/mol. The number of amides is 1. The van der Waals surface area contributed by atoms with Gasteiger partial charge in [0, 0.05) is 50.1 Å². The number of carbonyl (C=O) groups excluding carboxylic acids is 1. The number of ether oxygens (including phenoxy) is 3. The van der Waals surface area contributed by atoms with Crippen LogP contribution in [0.1, 0.15) is 32.1 Å². The Morgan fingerprint density at radius 3 is 2.97 bits per heavy atom. The minimum atomic E-state index is -0.429. The number of alkyl carbamates (subject to hydrolysis) is 1. The lowest BCUT2D eigenvalue weighted by Gasteiger charge is -2.28. The van der Waals surface area contributed by atoms with E-state index < -0.39 is 6.09 Å². The van der Waals surface area contributed by atoms with Gasteiger partial charge in [0.2, 0.25) is 5.95 Å². The van der Waals surface area contributed by atoms with Gasteiger partial charge in [0.05, 0.1) is 25.5 Å². The fourth-order valence-corrected chi connectivity index (χ4v) is 3.95. The van der Waals surface area contributed by atoms with Gasteiger partial charge in [-0.05, 0) is 13.8 Å². The molecule has 176 valence electrons. The molecule has 2 aliphatic heterocycles. The predicted molar refractivity (Wildman–Crippen MR) is 120 cm³/mol. The first-order chi connectivity index (χ1) is 16.0. The number of H-pyrrole nitrogens is 1. The summed E-state index contributed by atoms with van der Waals surface area (Å²) >= 11 is 0. The van der Waals surface area contributed by atoms with Crippen molar-refractivity contribution in [3.05, 3.63) is 30.2 Å². The Bertz CT molecular complexity index is 1110. The molecule has 3 aromatic rings. The number of imidazole rings is 1. The molecule has 2 saturated heterocycles. The Labute approximate surface area is 190 Å². The molecule has 0 bridgehead atoms. The van der Waals surface area contributed by atoms with Gasteiger partial charge in [0.1, 0.15) is 23.7 Å². The minimum absolute atomic E-state index is 0.0224. The van der Waals surface area contributed by atoms with E-state index in [-0.39, 0.29) is 18.2 Å². The molecule has 5 rings (SSSR count). The van der Waals surface area contributed by atoms with Crippen LogP contribution >= 0.6 is 0 Å². The van der Waals surface area contributed by atoms with Gasteiger partial charge in [0.15, 0.2) is 5.82 Å². The van der Waals surface area contributed by atoms with E-state index >= 15 is 0 Å². The molecule has 2 fully saturated rings. The zero-order valence-corrected chi connectivity index (χ0v) is 18.7. The highest BCUT2D eigenvalue weighted by Crippen LogP contribution is 2.31. The molecule has 2 aliphatic rings. The molecule has 0 saturated carbocycles. The van der Waals surface area contributed by atoms with Crippen molar-refractivity contribution in [3.63, 3.8) is 0 Å². The lowest BCUT2D eigenvalue weighted by atomic mass is 10.1. The number of carbonyl (C=O) groups is 1. The second-order valence-electron chi connectivity index (χ2n) is 8.41. The Kier molecular flexibility index (Phi) is 6.01. The summed E-state index contributed by atoms with van der Waals surface area (Å²) in [5.74, 6) is 2.06. The zero-order valence-electron chi connectivity index (χ0n) is 18.7. The average Bonchev–Trinajstić information content (AvgIpc) is 3.54. The van der Waals surface area contributed by atoms with E-state index in [0.29, 0.717) is 38.0 Å². The first kappa shape index (κ1) is 21.5. The Hall–Kier alpha value is -3.38. The van der Waals surface area contributed by atoms with Crippen molar-refractivity contribution in [3.8, 4) is 0 Å². The number of nitrogens with one attached hydrogen (secondary N) is 3. The van der Waals surface area contributed by atoms with Crippen molar-refractivity contribution < 1.29 is 19.0 Å². The van der Waals surface area contributed by atoms with Crippen molar-refractivity contribution >= 4 is 29.3 Å². The summed E-state index contributed by atoms with van der Waals surface area (Å²) in [6.07, 6.45) is 3.19. The molecule has 5 heterocycles. The number of hydrogen-bond acceptors (Lipinski definition) is 9. The third kappa shape index (κ3) is 4.86. The Morgan fingerprint density at radius 1 is 1.30 bits per heavy atom. The summed E-state index contributed by atoms with van der Waals surface area (Å²) in [7, 11) is 0. The summed E-state index contributed by atoms with van der Waals surface area (Å²) in [5, 5.41) is 13.4. The quantitative estimate of drug-likeness (QED) is 0.510. The molecule has 3 N–H and O–H groups in total. The standard InChI is InChI=1S/C21H28N8O4/c1-13(2)23-21(30)33-14-9-16(32-12-14)15-10-17(27-26-15)24-20-25-19(28-5-7-31-8-6-28)11-18-22-3-4-29(18)20/h3-4,10-11,13-14,16H,5-9,12H2,1-2H3,(H,23,30)(H2,24,25,26,27). The van der Waals surface area contributed by atoms with Crippen LogP contribution in [0.25, 0.3) is 5.65 Å². The lowest BCUT2D eigenvalue weighted by Crippen LogP contribution is -2.36. The fraction of sp³-hybridized carbons (Fsp3) is 0.524. The molecule has 0 aromatic carbocycles. The maximum absolute atomic E-state index is 11.8. The largest absolute Gasteiger partial charge is 0.444 e. The smallest absolute Gasteiger partial charge is 0.407 e. The number of morpholine rings is 1. The number of aromatic nitrogens is 5. The summed E-state index contributed by atoms with van der Waals surface area (Å²) in [5.41, 5.74) is 1.60. The number of aromatic amines is 1. The van der Waals surface area contributed by atoms with Crippen molar-refractivity contribution in [2.24, 2.45) is 0 Å². The van der Waals surface area contributed by atoms with Crippen LogP contribution in [-0.2, 0) is 14.2 Å². The maximum Gasteiger partial charge on any atom is 0.407 e. The van der Waals surface area contributed by atoms with Gasteiger partial charge >= 0.3 is 6.09 Å². The van der Waals surface area contributed by atoms with Crippen LogP contribution in [0, 0.1) is 0 Å². The molecule has 12 nitrogen and oxygen atoms in total. The maximum atomic E-state index is 11.8. The normalized spacial score (nSPS) is 21.0. The van der Waals surface area contributed by atoms with Crippen molar-refractivity contribution in [2.45, 2.75) is 38.5 Å². The number of nitrogens with zero attached hydrogens (tertiary/aromatic N) is 5. The van der Waals surface area contributed by atoms with Gasteiger partial charge in [-0.15, -0.1) is 0 Å². The van der Waals surface area contributed by atoms with Gasteiger partial charge in [-0.2, -0.15) is 10.1 Å². The monoisotopic (exact) mass is 456 g/mol. The van der Waals surface area contributed by atoms with E-state index in [4.69, 9.17) is 19.2 Å². The van der Waals surface area contributed by atoms with Crippen LogP contribution in [0.5, 0.6) is 0 Å². The SMILES string of the molecule is CC(C)NC(=O)OC1COC(c2cc(Nc3nc(N4CCOCC4)cc4nccn34)n[nH]2)C1. The van der Waals surface area contributed by atoms with Crippen LogP contribution in [-0.4, -0.2) is 75.7 Å². The van der Waals surface area contributed by atoms with E-state index in [1.165, 1.54) is 0 Å². The Morgan fingerprint density at radius 2 is 2.15 bits per heavy atom. The molecule has 0 radical (unpaired) electrons. The zero-order chi connectivity index (χ0) is 22.8. The highest BCUT2D eigenvalue weighted by atomic mass is 16.6. The summed E-state index contributed by atoms with van der Waals surface area (Å²) in [4.78, 5) is 23.2. The van der Waals surface area contributed by atoms with Gasteiger partial charge in [-0.1, -0.05) is 0 Å². The second kappa shape index (κ2) is 9.24. The number of fused-ring (bicyclic) bond motifs is 1. The third-order valence-corrected chi connectivity index (χ3v) is 5.54. The molecule has 0 spiro atoms. The van der Waals surface area contributed by atoms with Crippen LogP contribution in [0.15, 0.2) is 24.5 Å². The topological polar surface area (TPSA) is 131 Å². The highest BCUT2D eigenvalue weighted by molar-refractivity contribution is 5.67. The van der Waals surface area contributed by atoms with Crippen LogP contribution in [0.2, 0.25) is 0 Å². The average molecular weight is 457 g/mol. The predicted octanol–water partition coefficient (Wildman–Crippen LogP) is 2.00. The molecule has 12 heteroatoms. The molecule has 2 atom stereocenters. The van der Waals surface area contributed by atoms with Gasteiger partial charge in [-0.25, -0.2) is 9.78 Å². The van der Waals surface area contributed by atoms with Gasteiger partial charge in [0.25, 0.3) is 0 Å². The summed E-state index contributed by atoms with van der Waals surface area (Å²) < 4.78 is 18.6. The fourth-order valence-electron chi connectivity index (χ4n) is 3.95. The molecule has 2 unspecified atom stereocenters. The van der Waals surface area contributed by atoms with Crippen LogP contribution in [0.3, 0.4) is 0 Å². The van der Waals surface area contributed by atoms with E-state index in [1.807, 2.05) is 36.6 Å². The van der Waals surface area contributed by atoms with Crippen molar-refractivity contribution in [1.29, 1.82) is 0 Å². The molecule has 33 heavy (non-hydrogen) atoms. The minimum Gasteiger partial charge on any atom is -0.444 e. The van der Waals surface area contributed by atoms with E-state index in [1.54, 1.807) is 6.20 Å². The second-order valence-corrected chi connectivity index (χ2v) is 8.41. The summed E-state index contributed by atoms with van der Waals surface area (Å²) in [6, 6.07) is 3.87. The van der Waals surface area contributed by atoms with E-state index in [9.17, 15) is 4.79 Å². The first-order valence-corrected chi connectivity index (χ1v) is 11.1.